The number of aromatic nitrogens is 2. The lowest BCUT2D eigenvalue weighted by Crippen LogP contribution is -2.07. The van der Waals surface area contributed by atoms with Gasteiger partial charge >= 0.3 is 0 Å². The molecule has 1 N–H and O–H groups in total. The number of hydrogen-bond donors (Lipinski definition) is 1. The molecule has 96 valence electrons. The van der Waals surface area contributed by atoms with Gasteiger partial charge in [-0.25, -0.2) is 4.98 Å². The summed E-state index contributed by atoms with van der Waals surface area (Å²) in [5.74, 6) is 0.629. The van der Waals surface area contributed by atoms with E-state index in [9.17, 15) is 0 Å². The van der Waals surface area contributed by atoms with Crippen LogP contribution in [0.2, 0.25) is 0 Å². The Hall–Kier alpha value is -1.26. The summed E-state index contributed by atoms with van der Waals surface area (Å²) in [6.45, 7) is 5.35. The summed E-state index contributed by atoms with van der Waals surface area (Å²) in [5.41, 5.74) is 2.33. The van der Waals surface area contributed by atoms with Crippen LogP contribution in [0.1, 0.15) is 24.4 Å². The molecule has 4 heteroatoms. The maximum absolute atomic E-state index is 4.78. The maximum Gasteiger partial charge on any atom is 0.125 e. The summed E-state index contributed by atoms with van der Waals surface area (Å²) in [5, 5.41) is 4.29. The Morgan fingerprint density at radius 3 is 2.83 bits per heavy atom. The van der Waals surface area contributed by atoms with Crippen molar-refractivity contribution < 1.29 is 0 Å². The number of thiazole rings is 1. The number of nitrogens with zero attached hydrogens (tertiary/aromatic N) is 2. The van der Waals surface area contributed by atoms with Crippen molar-refractivity contribution in [1.29, 1.82) is 0 Å². The van der Waals surface area contributed by atoms with E-state index >= 15 is 0 Å². The summed E-state index contributed by atoms with van der Waals surface area (Å²) in [6.07, 6.45) is 4.70. The minimum Gasteiger partial charge on any atom is -0.315 e. The van der Waals surface area contributed by atoms with Crippen molar-refractivity contribution in [2.24, 2.45) is 5.92 Å². The van der Waals surface area contributed by atoms with Gasteiger partial charge in [-0.2, -0.15) is 0 Å². The van der Waals surface area contributed by atoms with Gasteiger partial charge in [0.15, 0.2) is 0 Å². The van der Waals surface area contributed by atoms with E-state index < -0.39 is 0 Å². The SMILES string of the molecule is CNCc1sc(-c2cccnc2)nc1CC(C)C. The van der Waals surface area contributed by atoms with Gasteiger partial charge < -0.3 is 5.32 Å². The molecule has 2 heterocycles. The lowest BCUT2D eigenvalue weighted by atomic mass is 10.1. The highest BCUT2D eigenvalue weighted by Crippen LogP contribution is 2.28. The Kier molecular flexibility index (Phi) is 4.44. The molecule has 0 unspecified atom stereocenters. The number of hydrogen-bond acceptors (Lipinski definition) is 4. The molecule has 2 aromatic heterocycles. The second-order valence-corrected chi connectivity index (χ2v) is 5.84. The molecule has 0 saturated heterocycles. The molecule has 0 bridgehead atoms. The van der Waals surface area contributed by atoms with Gasteiger partial charge in [-0.15, -0.1) is 11.3 Å². The minimum atomic E-state index is 0.629. The quantitative estimate of drug-likeness (QED) is 0.898. The molecule has 0 aliphatic rings. The highest BCUT2D eigenvalue weighted by atomic mass is 32.1. The fraction of sp³-hybridized carbons (Fsp3) is 0.429. The van der Waals surface area contributed by atoms with Gasteiger partial charge in [0.2, 0.25) is 0 Å². The molecule has 0 radical (unpaired) electrons. The molecule has 0 fully saturated rings. The Morgan fingerprint density at radius 2 is 2.22 bits per heavy atom. The topological polar surface area (TPSA) is 37.8 Å². The highest BCUT2D eigenvalue weighted by molar-refractivity contribution is 7.15. The van der Waals surface area contributed by atoms with E-state index in [0.29, 0.717) is 5.92 Å². The second-order valence-electron chi connectivity index (χ2n) is 4.76. The predicted molar refractivity (Wildman–Crippen MR) is 76.7 cm³/mol. The average molecular weight is 261 g/mol. The predicted octanol–water partition coefficient (Wildman–Crippen LogP) is 3.12. The lowest BCUT2D eigenvalue weighted by Gasteiger charge is -2.03. The van der Waals surface area contributed by atoms with E-state index in [4.69, 9.17) is 4.98 Å². The number of pyridine rings is 1. The molecule has 2 rings (SSSR count). The van der Waals surface area contributed by atoms with Crippen LogP contribution in [0.15, 0.2) is 24.5 Å². The monoisotopic (exact) mass is 261 g/mol. The highest BCUT2D eigenvalue weighted by Gasteiger charge is 2.13. The van der Waals surface area contributed by atoms with Crippen LogP contribution < -0.4 is 5.32 Å². The average Bonchev–Trinajstić information content (AvgIpc) is 2.73. The van der Waals surface area contributed by atoms with Gasteiger partial charge in [0.1, 0.15) is 5.01 Å². The molecular formula is C14H19N3S. The second kappa shape index (κ2) is 6.07. The fourth-order valence-electron chi connectivity index (χ4n) is 1.84. The minimum absolute atomic E-state index is 0.629. The van der Waals surface area contributed by atoms with Gasteiger partial charge in [0.05, 0.1) is 5.69 Å². The lowest BCUT2D eigenvalue weighted by molar-refractivity contribution is 0.631. The number of nitrogens with one attached hydrogen (secondary N) is 1. The third-order valence-corrected chi connectivity index (χ3v) is 3.77. The smallest absolute Gasteiger partial charge is 0.125 e. The van der Waals surface area contributed by atoms with E-state index in [0.717, 1.165) is 23.5 Å². The van der Waals surface area contributed by atoms with Crippen LogP contribution in [0.25, 0.3) is 10.6 Å². The van der Waals surface area contributed by atoms with Crippen molar-refractivity contribution in [3.8, 4) is 10.6 Å². The van der Waals surface area contributed by atoms with Gasteiger partial charge in [-0.3, -0.25) is 4.98 Å². The van der Waals surface area contributed by atoms with E-state index in [1.165, 1.54) is 10.6 Å². The van der Waals surface area contributed by atoms with Crippen LogP contribution >= 0.6 is 11.3 Å². The number of rotatable bonds is 5. The summed E-state index contributed by atoms with van der Waals surface area (Å²) < 4.78 is 0. The van der Waals surface area contributed by atoms with Crippen molar-refractivity contribution in [2.75, 3.05) is 7.05 Å². The van der Waals surface area contributed by atoms with Crippen molar-refractivity contribution >= 4 is 11.3 Å². The summed E-state index contributed by atoms with van der Waals surface area (Å²) in [4.78, 5) is 10.3. The Morgan fingerprint density at radius 1 is 1.39 bits per heavy atom. The normalized spacial score (nSPS) is 11.1. The first-order chi connectivity index (χ1) is 8.70. The zero-order valence-corrected chi connectivity index (χ0v) is 11.9. The van der Waals surface area contributed by atoms with E-state index in [2.05, 4.69) is 30.2 Å². The van der Waals surface area contributed by atoms with E-state index in [1.807, 2.05) is 19.3 Å². The Balaban J connectivity index is 2.33. The van der Waals surface area contributed by atoms with Crippen LogP contribution in [0.5, 0.6) is 0 Å². The summed E-state index contributed by atoms with van der Waals surface area (Å²) >= 11 is 1.77. The van der Waals surface area contributed by atoms with E-state index in [-0.39, 0.29) is 0 Å². The molecule has 2 aromatic rings. The first-order valence-electron chi connectivity index (χ1n) is 6.24. The van der Waals surface area contributed by atoms with Crippen LogP contribution in [-0.4, -0.2) is 17.0 Å². The maximum atomic E-state index is 4.78. The zero-order chi connectivity index (χ0) is 13.0. The van der Waals surface area contributed by atoms with E-state index in [1.54, 1.807) is 17.5 Å². The Bertz CT molecular complexity index is 491. The van der Waals surface area contributed by atoms with Crippen molar-refractivity contribution in [1.82, 2.24) is 15.3 Å². The molecule has 0 aliphatic carbocycles. The van der Waals surface area contributed by atoms with Crippen molar-refractivity contribution in [2.45, 2.75) is 26.8 Å². The molecule has 0 atom stereocenters. The van der Waals surface area contributed by atoms with Crippen LogP contribution in [0.4, 0.5) is 0 Å². The van der Waals surface area contributed by atoms with Crippen LogP contribution in [0.3, 0.4) is 0 Å². The largest absolute Gasteiger partial charge is 0.315 e. The first kappa shape index (κ1) is 13.2. The molecule has 0 saturated carbocycles. The summed E-state index contributed by atoms with van der Waals surface area (Å²) in [7, 11) is 1.97. The third kappa shape index (κ3) is 3.15. The zero-order valence-electron chi connectivity index (χ0n) is 11.1. The van der Waals surface area contributed by atoms with Gasteiger partial charge in [0.25, 0.3) is 0 Å². The van der Waals surface area contributed by atoms with Gasteiger partial charge in [-0.1, -0.05) is 13.8 Å². The molecule has 0 amide bonds. The summed E-state index contributed by atoms with van der Waals surface area (Å²) in [6, 6.07) is 4.02. The van der Waals surface area contributed by atoms with Gasteiger partial charge in [0, 0.05) is 29.4 Å². The third-order valence-electron chi connectivity index (χ3n) is 2.63. The molecule has 0 aromatic carbocycles. The first-order valence-corrected chi connectivity index (χ1v) is 7.06. The van der Waals surface area contributed by atoms with Crippen molar-refractivity contribution in [3.63, 3.8) is 0 Å². The van der Waals surface area contributed by atoms with Crippen LogP contribution in [-0.2, 0) is 13.0 Å². The van der Waals surface area contributed by atoms with Crippen LogP contribution in [0, 0.1) is 5.92 Å². The molecule has 0 aliphatic heterocycles. The molecule has 18 heavy (non-hydrogen) atoms. The molecule has 0 spiro atoms. The fourth-order valence-corrected chi connectivity index (χ4v) is 2.93. The molecular weight excluding hydrogens is 242 g/mol. The molecule has 3 nitrogen and oxygen atoms in total. The Labute approximate surface area is 112 Å². The standard InChI is InChI=1S/C14H19N3S/c1-10(2)7-12-13(9-15-3)18-14(17-12)11-5-4-6-16-8-11/h4-6,8,10,15H,7,9H2,1-3H3. The van der Waals surface area contributed by atoms with Gasteiger partial charge in [-0.05, 0) is 31.5 Å². The van der Waals surface area contributed by atoms with Crippen molar-refractivity contribution in [3.05, 3.63) is 35.1 Å².